The molecule has 31 heavy (non-hydrogen) atoms. The Kier molecular flexibility index (Phi) is 5.99. The molecule has 1 N–H and O–H groups in total. The second-order valence-corrected chi connectivity index (χ2v) is 7.96. The van der Waals surface area contributed by atoms with Crippen molar-refractivity contribution in [2.75, 3.05) is 5.32 Å². The number of anilines is 1. The molecule has 0 atom stereocenters. The van der Waals surface area contributed by atoms with Gasteiger partial charge in [0.1, 0.15) is 6.54 Å². The van der Waals surface area contributed by atoms with Crippen LogP contribution in [0.3, 0.4) is 0 Å². The molecular formula is C21H22F3N5OS. The largest absolute Gasteiger partial charge is 0.418 e. The van der Waals surface area contributed by atoms with Crippen molar-refractivity contribution in [1.29, 1.82) is 0 Å². The van der Waals surface area contributed by atoms with E-state index in [1.807, 2.05) is 29.2 Å². The maximum absolute atomic E-state index is 13.2. The standard InChI is InChI=1S/C21H22F3N5OS/c22-21(23,24)16-10-4-5-11-17(16)25-18(30)14-28-20(31)29(27-12-6-7-13-27)19(26-28)15-8-2-1-3-9-15/h4-7,10-13,15H,1-3,8-9,14H2,(H,25,30). The van der Waals surface area contributed by atoms with E-state index in [1.54, 1.807) is 4.68 Å². The molecule has 0 unspecified atom stereocenters. The van der Waals surface area contributed by atoms with E-state index in [0.717, 1.165) is 37.6 Å². The molecule has 6 nitrogen and oxygen atoms in total. The summed E-state index contributed by atoms with van der Waals surface area (Å²) in [7, 11) is 0. The Bertz CT molecular complexity index is 1110. The molecule has 1 aromatic carbocycles. The van der Waals surface area contributed by atoms with Gasteiger partial charge in [0, 0.05) is 18.3 Å². The number of halogens is 3. The monoisotopic (exact) mass is 449 g/mol. The normalized spacial score (nSPS) is 15.2. The summed E-state index contributed by atoms with van der Waals surface area (Å²) in [6.07, 6.45) is 4.47. The van der Waals surface area contributed by atoms with E-state index in [4.69, 9.17) is 12.2 Å². The Morgan fingerprint density at radius 1 is 1.10 bits per heavy atom. The number of nitrogens with one attached hydrogen (secondary N) is 1. The Morgan fingerprint density at radius 2 is 1.77 bits per heavy atom. The summed E-state index contributed by atoms with van der Waals surface area (Å²) in [5.74, 6) is 0.359. The third-order valence-electron chi connectivity index (χ3n) is 5.43. The minimum Gasteiger partial charge on any atom is -0.324 e. The molecule has 0 saturated heterocycles. The third kappa shape index (κ3) is 4.58. The highest BCUT2D eigenvalue weighted by atomic mass is 32.1. The van der Waals surface area contributed by atoms with Gasteiger partial charge in [0.05, 0.1) is 11.3 Å². The van der Waals surface area contributed by atoms with Crippen LogP contribution >= 0.6 is 12.2 Å². The summed E-state index contributed by atoms with van der Waals surface area (Å²) in [6.45, 7) is -0.279. The zero-order valence-electron chi connectivity index (χ0n) is 16.7. The van der Waals surface area contributed by atoms with Gasteiger partial charge >= 0.3 is 6.18 Å². The number of para-hydroxylation sites is 1. The van der Waals surface area contributed by atoms with Crippen LogP contribution in [0.5, 0.6) is 0 Å². The number of rotatable bonds is 5. The number of benzene rings is 1. The number of amides is 1. The third-order valence-corrected chi connectivity index (χ3v) is 5.82. The molecule has 0 bridgehead atoms. The lowest BCUT2D eigenvalue weighted by molar-refractivity contribution is -0.137. The lowest BCUT2D eigenvalue weighted by atomic mass is 9.89. The highest BCUT2D eigenvalue weighted by Crippen LogP contribution is 2.35. The number of nitrogens with zero attached hydrogens (tertiary/aromatic N) is 4. The molecule has 0 radical (unpaired) electrons. The van der Waals surface area contributed by atoms with Crippen LogP contribution in [0.25, 0.3) is 0 Å². The van der Waals surface area contributed by atoms with Crippen LogP contribution in [-0.4, -0.2) is 25.0 Å². The van der Waals surface area contributed by atoms with E-state index >= 15 is 0 Å². The number of carbonyl (C=O) groups is 1. The van der Waals surface area contributed by atoms with Crippen LogP contribution in [0.1, 0.15) is 49.4 Å². The average molecular weight is 450 g/mol. The first-order chi connectivity index (χ1) is 14.8. The highest BCUT2D eigenvalue weighted by Gasteiger charge is 2.33. The lowest BCUT2D eigenvalue weighted by Crippen LogP contribution is -2.22. The van der Waals surface area contributed by atoms with Crippen molar-refractivity contribution in [3.8, 4) is 0 Å². The summed E-state index contributed by atoms with van der Waals surface area (Å²) >= 11 is 5.58. The molecule has 2 aromatic heterocycles. The number of aromatic nitrogens is 4. The summed E-state index contributed by atoms with van der Waals surface area (Å²) in [4.78, 5) is 12.6. The maximum Gasteiger partial charge on any atom is 0.418 e. The van der Waals surface area contributed by atoms with Crippen LogP contribution in [0.15, 0.2) is 48.8 Å². The molecule has 1 aliphatic rings. The minimum absolute atomic E-state index is 0.216. The average Bonchev–Trinajstić information content (AvgIpc) is 3.37. The highest BCUT2D eigenvalue weighted by molar-refractivity contribution is 7.71. The molecule has 1 amide bonds. The molecule has 164 valence electrons. The molecule has 1 aliphatic carbocycles. The van der Waals surface area contributed by atoms with Crippen molar-refractivity contribution >= 4 is 23.8 Å². The van der Waals surface area contributed by atoms with Crippen LogP contribution in [0.2, 0.25) is 0 Å². The zero-order chi connectivity index (χ0) is 22.0. The Morgan fingerprint density at radius 3 is 2.45 bits per heavy atom. The summed E-state index contributed by atoms with van der Waals surface area (Å²) < 4.78 is 45.0. The molecule has 3 aromatic rings. The number of alkyl halides is 3. The molecular weight excluding hydrogens is 427 g/mol. The van der Waals surface area contributed by atoms with Crippen molar-refractivity contribution in [2.24, 2.45) is 0 Å². The van der Waals surface area contributed by atoms with Crippen molar-refractivity contribution < 1.29 is 18.0 Å². The number of hydrogen-bond acceptors (Lipinski definition) is 3. The first-order valence-electron chi connectivity index (χ1n) is 10.1. The van der Waals surface area contributed by atoms with Crippen LogP contribution in [-0.2, 0) is 17.5 Å². The van der Waals surface area contributed by atoms with Crippen LogP contribution in [0.4, 0.5) is 18.9 Å². The van der Waals surface area contributed by atoms with E-state index in [1.165, 1.54) is 29.3 Å². The smallest absolute Gasteiger partial charge is 0.324 e. The molecule has 1 fully saturated rings. The zero-order valence-corrected chi connectivity index (χ0v) is 17.5. The second-order valence-electron chi connectivity index (χ2n) is 7.60. The van der Waals surface area contributed by atoms with Crippen molar-refractivity contribution in [3.63, 3.8) is 0 Å². The summed E-state index contributed by atoms with van der Waals surface area (Å²) in [5.41, 5.74) is -1.18. The Labute approximate surface area is 182 Å². The molecule has 2 heterocycles. The van der Waals surface area contributed by atoms with Gasteiger partial charge in [-0.15, -0.1) is 0 Å². The Hall–Kier alpha value is -2.88. The first-order valence-corrected chi connectivity index (χ1v) is 10.5. The molecule has 10 heteroatoms. The fourth-order valence-electron chi connectivity index (χ4n) is 3.98. The topological polar surface area (TPSA) is 56.8 Å². The van der Waals surface area contributed by atoms with Crippen molar-refractivity contribution in [3.05, 3.63) is 65.0 Å². The van der Waals surface area contributed by atoms with Crippen molar-refractivity contribution in [2.45, 2.75) is 50.7 Å². The van der Waals surface area contributed by atoms with Gasteiger partial charge in [0.15, 0.2) is 5.82 Å². The Balaban J connectivity index is 1.62. The van der Waals surface area contributed by atoms with Gasteiger partial charge in [-0.2, -0.15) is 18.3 Å². The molecule has 0 spiro atoms. The number of hydrogen-bond donors (Lipinski definition) is 1. The molecule has 0 aliphatic heterocycles. The van der Waals surface area contributed by atoms with Gasteiger partial charge in [-0.3, -0.25) is 9.47 Å². The van der Waals surface area contributed by atoms with Gasteiger partial charge in [-0.05, 0) is 49.3 Å². The van der Waals surface area contributed by atoms with Gasteiger partial charge in [-0.1, -0.05) is 31.4 Å². The predicted octanol–water partition coefficient (Wildman–Crippen LogP) is 5.23. The van der Waals surface area contributed by atoms with Gasteiger partial charge in [-0.25, -0.2) is 9.36 Å². The minimum atomic E-state index is -4.57. The quantitative estimate of drug-likeness (QED) is 0.543. The molecule has 1 saturated carbocycles. The SMILES string of the molecule is O=C(Cn1nc(C2CCCCC2)n(-n2cccc2)c1=S)Nc1ccccc1C(F)(F)F. The van der Waals surface area contributed by atoms with Crippen LogP contribution in [0, 0.1) is 4.77 Å². The predicted molar refractivity (Wildman–Crippen MR) is 112 cm³/mol. The van der Waals surface area contributed by atoms with E-state index < -0.39 is 17.6 Å². The van der Waals surface area contributed by atoms with E-state index in [9.17, 15) is 18.0 Å². The van der Waals surface area contributed by atoms with Crippen LogP contribution < -0.4 is 5.32 Å². The van der Waals surface area contributed by atoms with Gasteiger partial charge < -0.3 is 5.32 Å². The van der Waals surface area contributed by atoms with E-state index in [0.29, 0.717) is 4.77 Å². The first kappa shape index (κ1) is 21.4. The molecule has 4 rings (SSSR count). The lowest BCUT2D eigenvalue weighted by Gasteiger charge is -2.21. The van der Waals surface area contributed by atoms with Gasteiger partial charge in [0.2, 0.25) is 10.7 Å². The fourth-order valence-corrected chi connectivity index (χ4v) is 4.27. The maximum atomic E-state index is 13.2. The van der Waals surface area contributed by atoms with Gasteiger partial charge in [0.25, 0.3) is 0 Å². The summed E-state index contributed by atoms with van der Waals surface area (Å²) in [5, 5.41) is 6.97. The fraction of sp³-hybridized carbons (Fsp3) is 0.381. The summed E-state index contributed by atoms with van der Waals surface area (Å²) in [6, 6.07) is 8.62. The van der Waals surface area contributed by atoms with Crippen molar-refractivity contribution in [1.82, 2.24) is 19.1 Å². The second kappa shape index (κ2) is 8.70. The van der Waals surface area contributed by atoms with E-state index in [-0.39, 0.29) is 18.2 Å². The number of carbonyl (C=O) groups excluding carboxylic acids is 1. The van der Waals surface area contributed by atoms with E-state index in [2.05, 4.69) is 10.4 Å².